The maximum absolute atomic E-state index is 13.8. The summed E-state index contributed by atoms with van der Waals surface area (Å²) in [6.07, 6.45) is 0. The van der Waals surface area contributed by atoms with Crippen molar-refractivity contribution < 1.29 is 22.3 Å². The molecule has 1 amide bonds. The first-order valence-electron chi connectivity index (χ1n) is 10.7. The van der Waals surface area contributed by atoms with Crippen LogP contribution in [0.1, 0.15) is 6.92 Å². The number of hydrogen-bond donors (Lipinski definition) is 1. The molecule has 8 heteroatoms. The van der Waals surface area contributed by atoms with Gasteiger partial charge in [-0.25, -0.2) is 12.8 Å². The number of rotatable bonds is 8. The van der Waals surface area contributed by atoms with E-state index in [1.54, 1.807) is 42.5 Å². The highest BCUT2D eigenvalue weighted by Gasteiger charge is 2.29. The number of nitrogens with one attached hydrogen (secondary N) is 1. The molecule has 0 spiro atoms. The quantitative estimate of drug-likeness (QED) is 0.377. The Balaban J connectivity index is 1.68. The van der Waals surface area contributed by atoms with Gasteiger partial charge in [0.15, 0.2) is 0 Å². The Morgan fingerprint density at radius 2 is 1.59 bits per heavy atom. The van der Waals surface area contributed by atoms with Gasteiger partial charge in [-0.3, -0.25) is 9.10 Å². The molecule has 4 aromatic carbocycles. The van der Waals surface area contributed by atoms with E-state index in [2.05, 4.69) is 5.32 Å². The predicted molar refractivity (Wildman–Crippen MR) is 131 cm³/mol. The van der Waals surface area contributed by atoms with Gasteiger partial charge in [0, 0.05) is 11.1 Å². The van der Waals surface area contributed by atoms with Crippen LogP contribution < -0.4 is 14.4 Å². The van der Waals surface area contributed by atoms with Crippen LogP contribution in [0.4, 0.5) is 15.8 Å². The van der Waals surface area contributed by atoms with Gasteiger partial charge < -0.3 is 10.1 Å². The smallest absolute Gasteiger partial charge is 0.265 e. The molecule has 0 bridgehead atoms. The minimum atomic E-state index is -4.16. The van der Waals surface area contributed by atoms with Gasteiger partial charge in [-0.05, 0) is 66.9 Å². The molecule has 174 valence electrons. The Labute approximate surface area is 197 Å². The summed E-state index contributed by atoms with van der Waals surface area (Å²) in [5.74, 6) is -0.394. The largest absolute Gasteiger partial charge is 0.494 e. The lowest BCUT2D eigenvalue weighted by atomic mass is 10.1. The number of hydrogen-bond acceptors (Lipinski definition) is 4. The lowest BCUT2D eigenvalue weighted by molar-refractivity contribution is -0.114. The first-order valence-corrected chi connectivity index (χ1v) is 12.1. The molecule has 0 aromatic heterocycles. The van der Waals surface area contributed by atoms with Crippen molar-refractivity contribution in [2.45, 2.75) is 11.8 Å². The number of carbonyl (C=O) groups is 1. The van der Waals surface area contributed by atoms with E-state index in [9.17, 15) is 17.6 Å². The molecule has 1 N–H and O–H groups in total. The molecule has 0 atom stereocenters. The van der Waals surface area contributed by atoms with Gasteiger partial charge in [-0.15, -0.1) is 0 Å². The molecule has 0 fully saturated rings. The zero-order valence-electron chi connectivity index (χ0n) is 18.4. The maximum atomic E-state index is 13.8. The summed E-state index contributed by atoms with van der Waals surface area (Å²) in [6, 6.07) is 23.8. The van der Waals surface area contributed by atoms with Gasteiger partial charge in [0.2, 0.25) is 5.91 Å². The average molecular weight is 479 g/mol. The lowest BCUT2D eigenvalue weighted by Gasteiger charge is -2.25. The number of anilines is 2. The number of benzene rings is 4. The molecule has 0 heterocycles. The topological polar surface area (TPSA) is 75.7 Å². The fourth-order valence-corrected chi connectivity index (χ4v) is 5.23. The third kappa shape index (κ3) is 5.02. The molecule has 0 aliphatic carbocycles. The molecule has 4 aromatic rings. The van der Waals surface area contributed by atoms with Crippen LogP contribution in [0.2, 0.25) is 0 Å². The van der Waals surface area contributed by atoms with E-state index in [0.29, 0.717) is 23.4 Å². The van der Waals surface area contributed by atoms with Crippen LogP contribution in [0.25, 0.3) is 10.8 Å². The number of amides is 1. The van der Waals surface area contributed by atoms with E-state index in [1.165, 1.54) is 18.2 Å². The number of sulfonamides is 1. The Morgan fingerprint density at radius 1 is 0.912 bits per heavy atom. The monoisotopic (exact) mass is 478 g/mol. The Morgan fingerprint density at radius 3 is 2.29 bits per heavy atom. The summed E-state index contributed by atoms with van der Waals surface area (Å²) in [6.45, 7) is 1.89. The fraction of sp³-hybridized carbons (Fsp3) is 0.115. The van der Waals surface area contributed by atoms with Crippen molar-refractivity contribution in [1.29, 1.82) is 0 Å². The summed E-state index contributed by atoms with van der Waals surface area (Å²) in [7, 11) is -4.16. The molecule has 0 saturated carbocycles. The van der Waals surface area contributed by atoms with Crippen molar-refractivity contribution in [2.75, 3.05) is 22.8 Å². The van der Waals surface area contributed by atoms with E-state index in [-0.39, 0.29) is 10.6 Å². The molecule has 0 aliphatic rings. The van der Waals surface area contributed by atoms with Gasteiger partial charge in [-0.1, -0.05) is 36.4 Å². The highest BCUT2D eigenvalue weighted by Crippen LogP contribution is 2.29. The third-order valence-corrected chi connectivity index (χ3v) is 7.00. The van der Waals surface area contributed by atoms with Crippen molar-refractivity contribution in [3.8, 4) is 5.75 Å². The summed E-state index contributed by atoms with van der Waals surface area (Å²) in [5.41, 5.74) is 0.672. The Bertz CT molecular complexity index is 1400. The van der Waals surface area contributed by atoms with E-state index in [1.807, 2.05) is 25.1 Å². The van der Waals surface area contributed by atoms with Crippen LogP contribution in [0.5, 0.6) is 5.75 Å². The molecular formula is C26H23FN2O4S. The third-order valence-electron chi connectivity index (χ3n) is 5.17. The van der Waals surface area contributed by atoms with Crippen molar-refractivity contribution in [3.05, 3.63) is 96.8 Å². The van der Waals surface area contributed by atoms with E-state index >= 15 is 0 Å². The van der Waals surface area contributed by atoms with Crippen LogP contribution in [-0.4, -0.2) is 27.5 Å². The second-order valence-corrected chi connectivity index (χ2v) is 9.30. The highest BCUT2D eigenvalue weighted by molar-refractivity contribution is 7.93. The molecule has 34 heavy (non-hydrogen) atoms. The van der Waals surface area contributed by atoms with Crippen LogP contribution in [0, 0.1) is 5.82 Å². The first-order chi connectivity index (χ1) is 16.4. The fourth-order valence-electron chi connectivity index (χ4n) is 3.59. The van der Waals surface area contributed by atoms with Crippen LogP contribution in [-0.2, 0) is 14.8 Å². The molecule has 0 unspecified atom stereocenters. The van der Waals surface area contributed by atoms with Gasteiger partial charge >= 0.3 is 0 Å². The normalized spacial score (nSPS) is 11.2. The van der Waals surface area contributed by atoms with E-state index in [4.69, 9.17) is 4.74 Å². The first kappa shape index (κ1) is 23.3. The number of carbonyl (C=O) groups excluding carboxylic acids is 1. The maximum Gasteiger partial charge on any atom is 0.265 e. The Hall–Kier alpha value is -3.91. The lowest BCUT2D eigenvalue weighted by Crippen LogP contribution is -2.38. The molecule has 0 aliphatic heterocycles. The average Bonchev–Trinajstić information content (AvgIpc) is 2.84. The van der Waals surface area contributed by atoms with E-state index in [0.717, 1.165) is 21.8 Å². The Kier molecular flexibility index (Phi) is 6.79. The molecule has 0 radical (unpaired) electrons. The molecule has 6 nitrogen and oxygen atoms in total. The van der Waals surface area contributed by atoms with Crippen molar-refractivity contribution in [3.63, 3.8) is 0 Å². The summed E-state index contributed by atoms with van der Waals surface area (Å²) < 4.78 is 47.5. The van der Waals surface area contributed by atoms with Crippen molar-refractivity contribution in [2.24, 2.45) is 0 Å². The van der Waals surface area contributed by atoms with Crippen molar-refractivity contribution in [1.82, 2.24) is 0 Å². The summed E-state index contributed by atoms with van der Waals surface area (Å²) >= 11 is 0. The number of halogens is 1. The summed E-state index contributed by atoms with van der Waals surface area (Å²) in [4.78, 5) is 13.0. The number of nitrogens with zero attached hydrogens (tertiary/aromatic N) is 1. The standard InChI is InChI=1S/C26H23FN2O4S/c1-2-33-23-16-12-21(13-17-23)28-26(30)18-29(22-14-10-20(27)11-15-22)34(31,32)25-9-5-7-19-6-3-4-8-24(19)25/h3-17H,2,18H2,1H3,(H,28,30). The predicted octanol–water partition coefficient (Wildman–Crippen LogP) is 5.21. The molecule has 0 saturated heterocycles. The van der Waals surface area contributed by atoms with Gasteiger partial charge in [0.1, 0.15) is 18.1 Å². The second-order valence-electron chi connectivity index (χ2n) is 7.47. The van der Waals surface area contributed by atoms with Gasteiger partial charge in [0.25, 0.3) is 10.0 Å². The minimum Gasteiger partial charge on any atom is -0.494 e. The number of fused-ring (bicyclic) bond motifs is 1. The number of ether oxygens (including phenoxy) is 1. The SMILES string of the molecule is CCOc1ccc(NC(=O)CN(c2ccc(F)cc2)S(=O)(=O)c2cccc3ccccc23)cc1. The van der Waals surface area contributed by atoms with Gasteiger partial charge in [0.05, 0.1) is 17.2 Å². The summed E-state index contributed by atoms with van der Waals surface area (Å²) in [5, 5.41) is 3.99. The molecular weight excluding hydrogens is 455 g/mol. The van der Waals surface area contributed by atoms with Crippen molar-refractivity contribution >= 4 is 38.1 Å². The van der Waals surface area contributed by atoms with Crippen LogP contribution in [0.3, 0.4) is 0 Å². The van der Waals surface area contributed by atoms with Gasteiger partial charge in [-0.2, -0.15) is 0 Å². The second kappa shape index (κ2) is 9.93. The minimum absolute atomic E-state index is 0.0591. The van der Waals surface area contributed by atoms with Crippen LogP contribution >= 0.6 is 0 Å². The van der Waals surface area contributed by atoms with E-state index < -0.39 is 28.3 Å². The highest BCUT2D eigenvalue weighted by atomic mass is 32.2. The zero-order valence-corrected chi connectivity index (χ0v) is 19.3. The zero-order chi connectivity index (χ0) is 24.1. The van der Waals surface area contributed by atoms with Crippen LogP contribution in [0.15, 0.2) is 95.9 Å². The molecule has 4 rings (SSSR count).